The van der Waals surface area contributed by atoms with Crippen LogP contribution < -0.4 is 14.4 Å². The Morgan fingerprint density at radius 3 is 2.15 bits per heavy atom. The summed E-state index contributed by atoms with van der Waals surface area (Å²) >= 11 is 18.6. The molecule has 0 fully saturated rings. The Hall–Kier alpha value is -3.76. The van der Waals surface area contributed by atoms with E-state index in [1.54, 1.807) is 49.4 Å². The van der Waals surface area contributed by atoms with Crippen LogP contribution in [0.15, 0.2) is 102 Å². The molecular formula is C36H38Cl3N3O5S. The molecule has 2 amide bonds. The van der Waals surface area contributed by atoms with Gasteiger partial charge in [0.15, 0.2) is 0 Å². The van der Waals surface area contributed by atoms with Gasteiger partial charge in [-0.05, 0) is 79.9 Å². The van der Waals surface area contributed by atoms with Crippen molar-refractivity contribution in [2.45, 2.75) is 57.1 Å². The standard InChI is InChI=1S/C36H38Cl3N3O5S/c1-4-25(3)40-36(44)33(22-26-11-7-6-8-12-26)41(23-27-15-20-30(38)31(39)21-27)35(43)24-42(32-13-9-10-14-34(32)47-5-2)48(45,46)29-18-16-28(37)17-19-29/h6-21,25,33H,4-5,22-24H2,1-3H3,(H,40,44)/t25-,33-/m0/s1. The number of anilines is 1. The Balaban J connectivity index is 1.86. The zero-order valence-corrected chi connectivity index (χ0v) is 30.0. The molecule has 2 atom stereocenters. The van der Waals surface area contributed by atoms with Crippen LogP contribution in [0.4, 0.5) is 5.69 Å². The van der Waals surface area contributed by atoms with Crippen LogP contribution in [-0.4, -0.2) is 50.4 Å². The SMILES string of the molecule is CCOc1ccccc1N(CC(=O)N(Cc1ccc(Cl)c(Cl)c1)[C@@H](Cc1ccccc1)C(=O)N[C@@H](C)CC)S(=O)(=O)c1ccc(Cl)cc1. The molecule has 0 aliphatic carbocycles. The van der Waals surface area contributed by atoms with Crippen molar-refractivity contribution in [3.05, 3.63) is 123 Å². The Kier molecular flexibility index (Phi) is 13.2. The number of sulfonamides is 1. The van der Waals surface area contributed by atoms with Crippen LogP contribution in [0.1, 0.15) is 38.3 Å². The first-order chi connectivity index (χ1) is 22.9. The van der Waals surface area contributed by atoms with Gasteiger partial charge < -0.3 is 15.0 Å². The predicted molar refractivity (Wildman–Crippen MR) is 192 cm³/mol. The maximum Gasteiger partial charge on any atom is 0.264 e. The third-order valence-electron chi connectivity index (χ3n) is 7.72. The molecule has 0 radical (unpaired) electrons. The molecule has 0 aliphatic rings. The molecule has 0 bridgehead atoms. The first-order valence-electron chi connectivity index (χ1n) is 15.5. The second-order valence-electron chi connectivity index (χ2n) is 11.2. The van der Waals surface area contributed by atoms with Gasteiger partial charge in [0.05, 0.1) is 27.2 Å². The van der Waals surface area contributed by atoms with Gasteiger partial charge in [-0.1, -0.05) is 90.3 Å². The first-order valence-corrected chi connectivity index (χ1v) is 18.1. The van der Waals surface area contributed by atoms with E-state index in [0.717, 1.165) is 9.87 Å². The Morgan fingerprint density at radius 2 is 1.50 bits per heavy atom. The number of para-hydroxylation sites is 2. The Bertz CT molecular complexity index is 1810. The van der Waals surface area contributed by atoms with Crippen molar-refractivity contribution in [2.75, 3.05) is 17.5 Å². The quantitative estimate of drug-likeness (QED) is 0.135. The van der Waals surface area contributed by atoms with Crippen molar-refractivity contribution in [3.8, 4) is 5.75 Å². The monoisotopic (exact) mass is 729 g/mol. The number of carbonyl (C=O) groups is 2. The van der Waals surface area contributed by atoms with E-state index in [1.165, 1.54) is 29.2 Å². The average molecular weight is 731 g/mol. The molecule has 4 aromatic carbocycles. The minimum Gasteiger partial charge on any atom is -0.492 e. The van der Waals surface area contributed by atoms with Gasteiger partial charge in [0, 0.05) is 24.0 Å². The Labute approximate surface area is 297 Å². The Morgan fingerprint density at radius 1 is 0.833 bits per heavy atom. The van der Waals surface area contributed by atoms with Gasteiger partial charge in [0.25, 0.3) is 10.0 Å². The number of nitrogens with zero attached hydrogens (tertiary/aromatic N) is 2. The average Bonchev–Trinajstić information content (AvgIpc) is 3.07. The number of ether oxygens (including phenoxy) is 1. The van der Waals surface area contributed by atoms with Gasteiger partial charge in [-0.25, -0.2) is 8.42 Å². The van der Waals surface area contributed by atoms with Crippen LogP contribution in [0.25, 0.3) is 0 Å². The molecule has 48 heavy (non-hydrogen) atoms. The molecule has 1 N–H and O–H groups in total. The normalized spacial score (nSPS) is 12.5. The molecule has 8 nitrogen and oxygen atoms in total. The van der Waals surface area contributed by atoms with Gasteiger partial charge in [-0.15, -0.1) is 0 Å². The van der Waals surface area contributed by atoms with Crippen molar-refractivity contribution >= 4 is 62.3 Å². The molecule has 0 heterocycles. The van der Waals surface area contributed by atoms with E-state index in [2.05, 4.69) is 5.32 Å². The summed E-state index contributed by atoms with van der Waals surface area (Å²) in [5.41, 5.74) is 1.59. The highest BCUT2D eigenvalue weighted by Crippen LogP contribution is 2.33. The van der Waals surface area contributed by atoms with E-state index in [4.69, 9.17) is 39.5 Å². The fraction of sp³-hybridized carbons (Fsp3) is 0.278. The molecule has 254 valence electrons. The molecule has 12 heteroatoms. The molecular weight excluding hydrogens is 693 g/mol. The lowest BCUT2D eigenvalue weighted by molar-refractivity contribution is -0.140. The zero-order chi connectivity index (χ0) is 34.8. The summed E-state index contributed by atoms with van der Waals surface area (Å²) in [7, 11) is -4.35. The molecule has 0 aromatic heterocycles. The maximum absolute atomic E-state index is 14.7. The zero-order valence-electron chi connectivity index (χ0n) is 26.9. The van der Waals surface area contributed by atoms with Crippen molar-refractivity contribution in [1.29, 1.82) is 0 Å². The van der Waals surface area contributed by atoms with Crippen molar-refractivity contribution in [1.82, 2.24) is 10.2 Å². The molecule has 4 rings (SSSR count). The summed E-state index contributed by atoms with van der Waals surface area (Å²) < 4.78 is 35.5. The molecule has 0 saturated carbocycles. The van der Waals surface area contributed by atoms with Crippen molar-refractivity contribution in [2.24, 2.45) is 0 Å². The van der Waals surface area contributed by atoms with Crippen LogP contribution in [0.3, 0.4) is 0 Å². The highest BCUT2D eigenvalue weighted by molar-refractivity contribution is 7.92. The topological polar surface area (TPSA) is 96.0 Å². The van der Waals surface area contributed by atoms with E-state index in [0.29, 0.717) is 22.0 Å². The summed E-state index contributed by atoms with van der Waals surface area (Å²) in [5.74, 6) is -0.717. The fourth-order valence-corrected chi connectivity index (χ4v) is 6.89. The lowest BCUT2D eigenvalue weighted by atomic mass is 10.0. The number of carbonyl (C=O) groups excluding carboxylic acids is 2. The minimum atomic E-state index is -4.35. The fourth-order valence-electron chi connectivity index (χ4n) is 5.02. The van der Waals surface area contributed by atoms with E-state index >= 15 is 0 Å². The summed E-state index contributed by atoms with van der Waals surface area (Å²) in [4.78, 5) is 30.0. The van der Waals surface area contributed by atoms with Crippen LogP contribution in [0, 0.1) is 0 Å². The third kappa shape index (κ3) is 9.44. The van der Waals surface area contributed by atoms with Gasteiger partial charge in [0.2, 0.25) is 11.8 Å². The van der Waals surface area contributed by atoms with E-state index in [1.807, 2.05) is 44.2 Å². The van der Waals surface area contributed by atoms with Gasteiger partial charge in [-0.2, -0.15) is 0 Å². The number of benzene rings is 4. The second kappa shape index (κ2) is 17.1. The smallest absolute Gasteiger partial charge is 0.264 e. The summed E-state index contributed by atoms with van der Waals surface area (Å²) in [6, 6.07) is 25.4. The lowest BCUT2D eigenvalue weighted by Gasteiger charge is -2.34. The van der Waals surface area contributed by atoms with Crippen molar-refractivity contribution in [3.63, 3.8) is 0 Å². The van der Waals surface area contributed by atoms with Crippen LogP contribution >= 0.6 is 34.8 Å². The number of nitrogens with one attached hydrogen (secondary N) is 1. The maximum atomic E-state index is 14.7. The summed E-state index contributed by atoms with van der Waals surface area (Å²) in [6.45, 7) is 5.18. The lowest BCUT2D eigenvalue weighted by Crippen LogP contribution is -2.54. The highest BCUT2D eigenvalue weighted by Gasteiger charge is 2.36. The van der Waals surface area contributed by atoms with Gasteiger partial charge >= 0.3 is 0 Å². The molecule has 0 aliphatic heterocycles. The first kappa shape index (κ1) is 37.1. The van der Waals surface area contributed by atoms with Crippen LogP contribution in [-0.2, 0) is 32.6 Å². The predicted octanol–water partition coefficient (Wildman–Crippen LogP) is 7.80. The second-order valence-corrected chi connectivity index (χ2v) is 14.3. The van der Waals surface area contributed by atoms with Crippen molar-refractivity contribution < 1.29 is 22.7 Å². The van der Waals surface area contributed by atoms with Gasteiger partial charge in [0.1, 0.15) is 18.3 Å². The van der Waals surface area contributed by atoms with Gasteiger partial charge in [-0.3, -0.25) is 13.9 Å². The summed E-state index contributed by atoms with van der Waals surface area (Å²) in [6.07, 6.45) is 0.849. The van der Waals surface area contributed by atoms with E-state index in [-0.39, 0.29) is 52.9 Å². The molecule has 0 spiro atoms. The third-order valence-corrected chi connectivity index (χ3v) is 10.5. The molecule has 0 unspecified atom stereocenters. The molecule has 4 aromatic rings. The summed E-state index contributed by atoms with van der Waals surface area (Å²) in [5, 5.41) is 3.99. The number of amides is 2. The number of rotatable bonds is 15. The van der Waals surface area contributed by atoms with Crippen LogP contribution in [0.2, 0.25) is 15.1 Å². The van der Waals surface area contributed by atoms with Crippen LogP contribution in [0.5, 0.6) is 5.75 Å². The number of halogens is 3. The highest BCUT2D eigenvalue weighted by atomic mass is 35.5. The van der Waals surface area contributed by atoms with E-state index < -0.39 is 28.5 Å². The molecule has 0 saturated heterocycles. The minimum absolute atomic E-state index is 0.0525. The number of hydrogen-bond donors (Lipinski definition) is 1. The van der Waals surface area contributed by atoms with E-state index in [9.17, 15) is 18.0 Å². The largest absolute Gasteiger partial charge is 0.492 e. The number of hydrogen-bond acceptors (Lipinski definition) is 5.